The van der Waals surface area contributed by atoms with E-state index in [9.17, 15) is 4.79 Å². The summed E-state index contributed by atoms with van der Waals surface area (Å²) in [7, 11) is 2.16. The third-order valence-electron chi connectivity index (χ3n) is 7.62. The van der Waals surface area contributed by atoms with Crippen LogP contribution in [0.1, 0.15) is 47.3 Å². The number of hydrogen-bond donors (Lipinski definition) is 0. The molecule has 7 heteroatoms. The lowest BCUT2D eigenvalue weighted by molar-refractivity contribution is 0.0730. The molecule has 1 aromatic carbocycles. The first-order valence-electron chi connectivity index (χ1n) is 12.7. The second-order valence-electron chi connectivity index (χ2n) is 10.4. The highest BCUT2D eigenvalue weighted by atomic mass is 16.5. The highest BCUT2D eigenvalue weighted by molar-refractivity contribution is 5.92. The zero-order valence-corrected chi connectivity index (χ0v) is 21.0. The third-order valence-corrected chi connectivity index (χ3v) is 7.62. The molecule has 35 heavy (non-hydrogen) atoms. The Bertz CT molecular complexity index is 1200. The maximum Gasteiger partial charge on any atom is 0.272 e. The van der Waals surface area contributed by atoms with E-state index in [-0.39, 0.29) is 17.2 Å². The summed E-state index contributed by atoms with van der Waals surface area (Å²) in [6.07, 6.45) is 4.72. The topological polar surface area (TPSA) is 71.5 Å². The predicted octanol–water partition coefficient (Wildman–Crippen LogP) is 3.65. The molecule has 1 atom stereocenters. The van der Waals surface area contributed by atoms with Crippen LogP contribution in [-0.4, -0.2) is 77.1 Å². The van der Waals surface area contributed by atoms with Crippen molar-refractivity contribution < 1.29 is 9.53 Å². The van der Waals surface area contributed by atoms with Crippen LogP contribution in [0.2, 0.25) is 0 Å². The van der Waals surface area contributed by atoms with Crippen LogP contribution in [0, 0.1) is 12.8 Å². The van der Waals surface area contributed by atoms with Crippen LogP contribution >= 0.6 is 0 Å². The van der Waals surface area contributed by atoms with Crippen LogP contribution in [0.15, 0.2) is 42.6 Å². The number of pyridine rings is 1. The Labute approximate surface area is 207 Å². The zero-order valence-electron chi connectivity index (χ0n) is 21.0. The van der Waals surface area contributed by atoms with Gasteiger partial charge in [-0.25, -0.2) is 9.97 Å². The molecule has 5 rings (SSSR count). The molecule has 2 aromatic heterocycles. The molecule has 184 valence electrons. The Morgan fingerprint density at radius 3 is 2.77 bits per heavy atom. The number of likely N-dealkylation sites (tertiary alicyclic amines) is 1. The van der Waals surface area contributed by atoms with Crippen molar-refractivity contribution in [2.75, 3.05) is 46.4 Å². The summed E-state index contributed by atoms with van der Waals surface area (Å²) in [6, 6.07) is 12.3. The number of carbonyl (C=O) groups excluding carboxylic acids is 1. The molecule has 0 aliphatic carbocycles. The molecule has 2 saturated heterocycles. The molecule has 2 fully saturated rings. The lowest BCUT2D eigenvalue weighted by atomic mass is 9.77. The molecule has 0 spiro atoms. The van der Waals surface area contributed by atoms with Gasteiger partial charge in [-0.3, -0.25) is 9.78 Å². The summed E-state index contributed by atoms with van der Waals surface area (Å²) in [5.74, 6) is 0.832. The number of nitrogens with zero attached hydrogens (tertiary/aromatic N) is 5. The van der Waals surface area contributed by atoms with Gasteiger partial charge >= 0.3 is 0 Å². The number of amides is 1. The second kappa shape index (κ2) is 9.99. The molecule has 3 aromatic rings. The molecule has 7 nitrogen and oxygen atoms in total. The van der Waals surface area contributed by atoms with Crippen molar-refractivity contribution in [3.05, 3.63) is 65.4 Å². The van der Waals surface area contributed by atoms with Crippen molar-refractivity contribution in [3.63, 3.8) is 0 Å². The average molecular weight is 474 g/mol. The molecule has 4 heterocycles. The van der Waals surface area contributed by atoms with E-state index in [4.69, 9.17) is 9.72 Å². The normalized spacial score (nSPS) is 21.1. The van der Waals surface area contributed by atoms with E-state index >= 15 is 0 Å². The fourth-order valence-corrected chi connectivity index (χ4v) is 5.35. The molecular weight excluding hydrogens is 438 g/mol. The summed E-state index contributed by atoms with van der Waals surface area (Å²) in [5, 5.41) is 1.14. The monoisotopic (exact) mass is 473 g/mol. The van der Waals surface area contributed by atoms with Crippen molar-refractivity contribution in [2.45, 2.75) is 38.5 Å². The van der Waals surface area contributed by atoms with E-state index < -0.39 is 0 Å². The Balaban J connectivity index is 1.36. The van der Waals surface area contributed by atoms with Crippen molar-refractivity contribution in [1.29, 1.82) is 0 Å². The highest BCUT2D eigenvalue weighted by Crippen LogP contribution is 2.34. The molecule has 0 saturated carbocycles. The van der Waals surface area contributed by atoms with E-state index in [1.165, 1.54) is 5.56 Å². The number of para-hydroxylation sites is 1. The maximum atomic E-state index is 13.7. The Morgan fingerprint density at radius 2 is 1.94 bits per heavy atom. The smallest absolute Gasteiger partial charge is 0.272 e. The predicted molar refractivity (Wildman–Crippen MR) is 137 cm³/mol. The van der Waals surface area contributed by atoms with Crippen LogP contribution in [0.5, 0.6) is 0 Å². The fourth-order valence-electron chi connectivity index (χ4n) is 5.35. The van der Waals surface area contributed by atoms with Gasteiger partial charge in [-0.15, -0.1) is 0 Å². The fraction of sp³-hybridized carbons (Fsp3) is 0.500. The number of piperidine rings is 1. The number of hydrogen-bond acceptors (Lipinski definition) is 6. The third kappa shape index (κ3) is 5.21. The molecule has 0 N–H and O–H groups in total. The van der Waals surface area contributed by atoms with Gasteiger partial charge in [-0.05, 0) is 64.0 Å². The van der Waals surface area contributed by atoms with Crippen LogP contribution in [0.4, 0.5) is 0 Å². The standard InChI is InChI=1S/C28H35N5O2/c1-20-30-24(17-25(31-20)28(2)9-12-32(3)13-10-28)27(34)33-14-15-35-19-21(18-33)16-23-7-4-6-22-8-5-11-29-26(22)23/h4-8,11,17,21H,9-10,12-16,18-19H2,1-3H3/t21-/m1/s1. The minimum absolute atomic E-state index is 0.0267. The van der Waals surface area contributed by atoms with Crippen molar-refractivity contribution in [3.8, 4) is 0 Å². The molecule has 0 radical (unpaired) electrons. The van der Waals surface area contributed by atoms with E-state index in [2.05, 4.69) is 53.1 Å². The highest BCUT2D eigenvalue weighted by Gasteiger charge is 2.34. The number of aryl methyl sites for hydroxylation is 1. The summed E-state index contributed by atoms with van der Waals surface area (Å²) in [5.41, 5.74) is 3.69. The molecule has 1 amide bonds. The van der Waals surface area contributed by atoms with E-state index in [0.717, 1.165) is 48.9 Å². The van der Waals surface area contributed by atoms with E-state index in [1.54, 1.807) is 0 Å². The number of fused-ring (bicyclic) bond motifs is 1. The number of carbonyl (C=O) groups is 1. The zero-order chi connectivity index (χ0) is 24.4. The quantitative estimate of drug-likeness (QED) is 0.576. The van der Waals surface area contributed by atoms with Crippen LogP contribution in [0.25, 0.3) is 10.9 Å². The van der Waals surface area contributed by atoms with Crippen molar-refractivity contribution >= 4 is 16.8 Å². The van der Waals surface area contributed by atoms with Gasteiger partial charge < -0.3 is 14.5 Å². The minimum atomic E-state index is -0.0279. The number of benzene rings is 1. The lowest BCUT2D eigenvalue weighted by Gasteiger charge is -2.37. The Kier molecular flexibility index (Phi) is 6.80. The number of aromatic nitrogens is 3. The molecule has 2 aliphatic heterocycles. The van der Waals surface area contributed by atoms with Crippen molar-refractivity contribution in [1.82, 2.24) is 24.8 Å². The van der Waals surface area contributed by atoms with Gasteiger partial charge in [0.25, 0.3) is 5.91 Å². The van der Waals surface area contributed by atoms with Gasteiger partial charge in [-0.2, -0.15) is 0 Å². The largest absolute Gasteiger partial charge is 0.379 e. The molecule has 0 unspecified atom stereocenters. The first-order valence-corrected chi connectivity index (χ1v) is 12.7. The summed E-state index contributed by atoms with van der Waals surface area (Å²) in [4.78, 5) is 31.9. The van der Waals surface area contributed by atoms with E-state index in [1.807, 2.05) is 30.2 Å². The van der Waals surface area contributed by atoms with Gasteiger partial charge in [-0.1, -0.05) is 31.2 Å². The first-order chi connectivity index (χ1) is 16.9. The van der Waals surface area contributed by atoms with Crippen molar-refractivity contribution in [2.24, 2.45) is 5.92 Å². The number of rotatable bonds is 4. The summed E-state index contributed by atoms with van der Waals surface area (Å²) < 4.78 is 5.92. The SMILES string of the molecule is Cc1nc(C(=O)N2CCOC[C@H](Cc3cccc4cccnc34)C2)cc(C2(C)CCN(C)CC2)n1. The van der Waals surface area contributed by atoms with Gasteiger partial charge in [0.1, 0.15) is 11.5 Å². The van der Waals surface area contributed by atoms with Gasteiger partial charge in [0.05, 0.1) is 24.4 Å². The van der Waals surface area contributed by atoms with Gasteiger partial charge in [0.15, 0.2) is 0 Å². The molecule has 0 bridgehead atoms. The van der Waals surface area contributed by atoms with Crippen LogP contribution < -0.4 is 0 Å². The van der Waals surface area contributed by atoms with E-state index in [0.29, 0.717) is 37.8 Å². The minimum Gasteiger partial charge on any atom is -0.379 e. The Morgan fingerprint density at radius 1 is 1.14 bits per heavy atom. The average Bonchev–Trinajstić information content (AvgIpc) is 3.11. The van der Waals surface area contributed by atoms with Gasteiger partial charge in [0.2, 0.25) is 0 Å². The molecular formula is C28H35N5O2. The van der Waals surface area contributed by atoms with Gasteiger partial charge in [0, 0.05) is 36.0 Å². The van der Waals surface area contributed by atoms with Crippen LogP contribution in [0.3, 0.4) is 0 Å². The summed E-state index contributed by atoms with van der Waals surface area (Å²) >= 11 is 0. The Hall–Kier alpha value is -2.90. The maximum absolute atomic E-state index is 13.7. The first kappa shape index (κ1) is 23.8. The number of ether oxygens (including phenoxy) is 1. The van der Waals surface area contributed by atoms with Crippen LogP contribution in [-0.2, 0) is 16.6 Å². The molecule has 2 aliphatic rings. The summed E-state index contributed by atoms with van der Waals surface area (Å²) in [6.45, 7) is 8.62. The lowest BCUT2D eigenvalue weighted by Crippen LogP contribution is -2.40. The second-order valence-corrected chi connectivity index (χ2v) is 10.4.